The smallest absolute Gasteiger partial charge is 0.224 e. The lowest BCUT2D eigenvalue weighted by molar-refractivity contribution is -0.115. The number of benzene rings is 2. The Hall–Kier alpha value is -2.69. The number of nitrogens with one attached hydrogen (secondary N) is 2. The molecule has 0 unspecified atom stereocenters. The van der Waals surface area contributed by atoms with Crippen LogP contribution in [0.4, 0.5) is 11.4 Å². The summed E-state index contributed by atoms with van der Waals surface area (Å²) in [5.74, 6) is 1.63. The van der Waals surface area contributed by atoms with E-state index in [1.54, 1.807) is 7.11 Å². The molecule has 0 fully saturated rings. The summed E-state index contributed by atoms with van der Waals surface area (Å²) in [6.07, 6.45) is 0.475. The number of anilines is 2. The molecular formula is C18H22N2O3. The standard InChI is InChI=1S/C18H22N2O3/c1-3-18(21)20-15-6-4-14(5-7-15)19-12-13-23-17-10-8-16(22-2)9-11-17/h4-11,19H,3,12-13H2,1-2H3,(H,20,21). The van der Waals surface area contributed by atoms with Crippen LogP contribution in [0.1, 0.15) is 13.3 Å². The first-order valence-electron chi connectivity index (χ1n) is 7.62. The zero-order valence-corrected chi connectivity index (χ0v) is 13.5. The summed E-state index contributed by atoms with van der Waals surface area (Å²) < 4.78 is 10.7. The Morgan fingerprint density at radius 1 is 0.957 bits per heavy atom. The summed E-state index contributed by atoms with van der Waals surface area (Å²) in [6, 6.07) is 15.1. The summed E-state index contributed by atoms with van der Waals surface area (Å²) in [5, 5.41) is 6.08. The Labute approximate surface area is 136 Å². The van der Waals surface area contributed by atoms with E-state index in [-0.39, 0.29) is 5.91 Å². The van der Waals surface area contributed by atoms with Crippen molar-refractivity contribution >= 4 is 17.3 Å². The highest BCUT2D eigenvalue weighted by atomic mass is 16.5. The molecule has 2 aromatic rings. The summed E-state index contributed by atoms with van der Waals surface area (Å²) >= 11 is 0. The van der Waals surface area contributed by atoms with Crippen LogP contribution in [0.15, 0.2) is 48.5 Å². The molecule has 122 valence electrons. The van der Waals surface area contributed by atoms with Crippen molar-refractivity contribution in [2.24, 2.45) is 0 Å². The zero-order valence-electron chi connectivity index (χ0n) is 13.5. The van der Waals surface area contributed by atoms with Gasteiger partial charge in [0, 0.05) is 24.3 Å². The van der Waals surface area contributed by atoms with Gasteiger partial charge in [0.1, 0.15) is 18.1 Å². The third kappa shape index (κ3) is 5.54. The molecule has 5 nitrogen and oxygen atoms in total. The van der Waals surface area contributed by atoms with Gasteiger partial charge in [0.05, 0.1) is 7.11 Å². The van der Waals surface area contributed by atoms with Gasteiger partial charge in [-0.2, -0.15) is 0 Å². The van der Waals surface area contributed by atoms with Crippen molar-refractivity contribution in [1.82, 2.24) is 0 Å². The fourth-order valence-electron chi connectivity index (χ4n) is 1.96. The van der Waals surface area contributed by atoms with Crippen LogP contribution in [-0.2, 0) is 4.79 Å². The molecule has 0 radical (unpaired) electrons. The molecular weight excluding hydrogens is 292 g/mol. The molecule has 0 aromatic heterocycles. The van der Waals surface area contributed by atoms with E-state index in [4.69, 9.17) is 9.47 Å². The van der Waals surface area contributed by atoms with Gasteiger partial charge in [0.15, 0.2) is 0 Å². The predicted molar refractivity (Wildman–Crippen MR) is 92.3 cm³/mol. The van der Waals surface area contributed by atoms with Crippen LogP contribution in [0.2, 0.25) is 0 Å². The third-order valence-corrected chi connectivity index (χ3v) is 3.25. The molecule has 0 aliphatic heterocycles. The molecule has 0 heterocycles. The average Bonchev–Trinajstić information content (AvgIpc) is 2.60. The first-order valence-corrected chi connectivity index (χ1v) is 7.62. The Morgan fingerprint density at radius 2 is 1.57 bits per heavy atom. The second kappa shape index (κ2) is 8.68. The molecule has 0 spiro atoms. The normalized spacial score (nSPS) is 10.0. The molecule has 0 aliphatic carbocycles. The predicted octanol–water partition coefficient (Wildman–Crippen LogP) is 3.53. The van der Waals surface area contributed by atoms with Crippen LogP contribution < -0.4 is 20.1 Å². The van der Waals surface area contributed by atoms with Gasteiger partial charge in [0.2, 0.25) is 5.91 Å². The quantitative estimate of drug-likeness (QED) is 0.732. The summed E-state index contributed by atoms with van der Waals surface area (Å²) in [6.45, 7) is 3.07. The van der Waals surface area contributed by atoms with Crippen molar-refractivity contribution in [2.75, 3.05) is 30.9 Å². The van der Waals surface area contributed by atoms with Crippen LogP contribution >= 0.6 is 0 Å². The molecule has 0 bridgehead atoms. The number of carbonyl (C=O) groups is 1. The topological polar surface area (TPSA) is 59.6 Å². The molecule has 2 N–H and O–H groups in total. The number of hydrogen-bond donors (Lipinski definition) is 2. The molecule has 2 rings (SSSR count). The molecule has 2 aromatic carbocycles. The van der Waals surface area contributed by atoms with Crippen molar-refractivity contribution < 1.29 is 14.3 Å². The highest BCUT2D eigenvalue weighted by Gasteiger charge is 1.99. The third-order valence-electron chi connectivity index (χ3n) is 3.25. The fourth-order valence-corrected chi connectivity index (χ4v) is 1.96. The first-order chi connectivity index (χ1) is 11.2. The lowest BCUT2D eigenvalue weighted by atomic mass is 10.2. The maximum Gasteiger partial charge on any atom is 0.224 e. The Bertz CT molecular complexity index is 609. The SMILES string of the molecule is CCC(=O)Nc1ccc(NCCOc2ccc(OC)cc2)cc1. The van der Waals surface area contributed by atoms with E-state index in [2.05, 4.69) is 10.6 Å². The van der Waals surface area contributed by atoms with Gasteiger partial charge in [-0.25, -0.2) is 0 Å². The van der Waals surface area contributed by atoms with Crippen LogP contribution in [-0.4, -0.2) is 26.2 Å². The maximum absolute atomic E-state index is 11.3. The minimum Gasteiger partial charge on any atom is -0.497 e. The highest BCUT2D eigenvalue weighted by Crippen LogP contribution is 2.17. The van der Waals surface area contributed by atoms with Gasteiger partial charge in [-0.15, -0.1) is 0 Å². The number of methoxy groups -OCH3 is 1. The number of rotatable bonds is 8. The highest BCUT2D eigenvalue weighted by molar-refractivity contribution is 5.90. The average molecular weight is 314 g/mol. The van der Waals surface area contributed by atoms with Gasteiger partial charge < -0.3 is 20.1 Å². The summed E-state index contributed by atoms with van der Waals surface area (Å²) in [5.41, 5.74) is 1.79. The second-order valence-electron chi connectivity index (χ2n) is 4.93. The van der Waals surface area contributed by atoms with Crippen LogP contribution in [0.3, 0.4) is 0 Å². The fraction of sp³-hybridized carbons (Fsp3) is 0.278. The van der Waals surface area contributed by atoms with E-state index in [9.17, 15) is 4.79 Å². The van der Waals surface area contributed by atoms with E-state index in [1.807, 2.05) is 55.5 Å². The van der Waals surface area contributed by atoms with E-state index in [0.29, 0.717) is 19.6 Å². The van der Waals surface area contributed by atoms with Gasteiger partial charge in [-0.1, -0.05) is 6.92 Å². The van der Waals surface area contributed by atoms with Crippen LogP contribution in [0.5, 0.6) is 11.5 Å². The molecule has 23 heavy (non-hydrogen) atoms. The minimum atomic E-state index is 0.0126. The molecule has 1 amide bonds. The second-order valence-corrected chi connectivity index (χ2v) is 4.93. The molecule has 0 aliphatic rings. The molecule has 0 saturated carbocycles. The number of ether oxygens (including phenoxy) is 2. The van der Waals surface area contributed by atoms with Crippen molar-refractivity contribution in [2.45, 2.75) is 13.3 Å². The molecule has 0 atom stereocenters. The van der Waals surface area contributed by atoms with E-state index in [1.165, 1.54) is 0 Å². The van der Waals surface area contributed by atoms with Crippen molar-refractivity contribution in [3.05, 3.63) is 48.5 Å². The van der Waals surface area contributed by atoms with Gasteiger partial charge >= 0.3 is 0 Å². The van der Waals surface area contributed by atoms with Crippen LogP contribution in [0.25, 0.3) is 0 Å². The van der Waals surface area contributed by atoms with E-state index < -0.39 is 0 Å². The van der Waals surface area contributed by atoms with Gasteiger partial charge in [0.25, 0.3) is 0 Å². The maximum atomic E-state index is 11.3. The van der Waals surface area contributed by atoms with Crippen molar-refractivity contribution in [3.63, 3.8) is 0 Å². The number of hydrogen-bond acceptors (Lipinski definition) is 4. The van der Waals surface area contributed by atoms with Gasteiger partial charge in [-0.3, -0.25) is 4.79 Å². The zero-order chi connectivity index (χ0) is 16.5. The Kier molecular flexibility index (Phi) is 6.29. The Balaban J connectivity index is 1.72. The summed E-state index contributed by atoms with van der Waals surface area (Å²) in [4.78, 5) is 11.3. The van der Waals surface area contributed by atoms with Crippen LogP contribution in [0, 0.1) is 0 Å². The van der Waals surface area contributed by atoms with E-state index in [0.717, 1.165) is 22.9 Å². The van der Waals surface area contributed by atoms with E-state index >= 15 is 0 Å². The minimum absolute atomic E-state index is 0.0126. The lowest BCUT2D eigenvalue weighted by Gasteiger charge is -2.10. The van der Waals surface area contributed by atoms with Crippen molar-refractivity contribution in [3.8, 4) is 11.5 Å². The number of amides is 1. The monoisotopic (exact) mass is 314 g/mol. The van der Waals surface area contributed by atoms with Gasteiger partial charge in [-0.05, 0) is 48.5 Å². The molecule has 5 heteroatoms. The van der Waals surface area contributed by atoms with Crippen molar-refractivity contribution in [1.29, 1.82) is 0 Å². The summed E-state index contributed by atoms with van der Waals surface area (Å²) in [7, 11) is 1.64. The molecule has 0 saturated heterocycles. The largest absolute Gasteiger partial charge is 0.497 e. The first kappa shape index (κ1) is 16.7. The number of carbonyl (C=O) groups excluding carboxylic acids is 1. The lowest BCUT2D eigenvalue weighted by Crippen LogP contribution is -2.12. The Morgan fingerprint density at radius 3 is 2.17 bits per heavy atom.